The zero-order valence-corrected chi connectivity index (χ0v) is 16.1. The van der Waals surface area contributed by atoms with Crippen LogP contribution >= 0.6 is 11.6 Å². The summed E-state index contributed by atoms with van der Waals surface area (Å²) in [4.78, 5) is 24.2. The van der Waals surface area contributed by atoms with Gasteiger partial charge in [-0.2, -0.15) is 0 Å². The number of morpholine rings is 1. The third kappa shape index (κ3) is 3.92. The molecule has 1 aromatic carbocycles. The normalized spacial score (nSPS) is 19.5. The highest BCUT2D eigenvalue weighted by atomic mass is 35.5. The number of aromatic nitrogens is 2. The molecule has 1 aliphatic carbocycles. The lowest BCUT2D eigenvalue weighted by Crippen LogP contribution is -2.38. The van der Waals surface area contributed by atoms with Crippen LogP contribution in [0.5, 0.6) is 0 Å². The molecular weight excluding hydrogens is 364 g/mol. The summed E-state index contributed by atoms with van der Waals surface area (Å²) < 4.78 is 5.39. The molecule has 27 heavy (non-hydrogen) atoms. The van der Waals surface area contributed by atoms with Crippen molar-refractivity contribution in [2.24, 2.45) is 5.92 Å². The number of nitrogens with zero attached hydrogens (tertiary/aromatic N) is 3. The molecule has 1 aromatic heterocycles. The average Bonchev–Trinajstić information content (AvgIpc) is 2.71. The third-order valence-corrected chi connectivity index (χ3v) is 5.74. The first-order chi connectivity index (χ1) is 13.1. The number of amides is 1. The molecule has 1 N–H and O–H groups in total. The number of hydrogen-bond donors (Lipinski definition) is 1. The monoisotopic (exact) mass is 386 g/mol. The molecule has 1 aliphatic heterocycles. The van der Waals surface area contributed by atoms with E-state index in [9.17, 15) is 4.79 Å². The molecule has 2 heterocycles. The molecule has 1 unspecified atom stereocenters. The van der Waals surface area contributed by atoms with Crippen LogP contribution in [-0.2, 0) is 22.4 Å². The van der Waals surface area contributed by atoms with E-state index in [-0.39, 0.29) is 11.8 Å². The summed E-state index contributed by atoms with van der Waals surface area (Å²) in [5, 5.41) is 3.69. The van der Waals surface area contributed by atoms with Crippen LogP contribution in [0.4, 0.5) is 11.6 Å². The molecule has 2 aromatic rings. The number of rotatable bonds is 3. The highest BCUT2D eigenvalue weighted by Crippen LogP contribution is 2.28. The van der Waals surface area contributed by atoms with E-state index in [1.165, 1.54) is 0 Å². The van der Waals surface area contributed by atoms with Crippen LogP contribution in [0.25, 0.3) is 0 Å². The summed E-state index contributed by atoms with van der Waals surface area (Å²) >= 11 is 6.15. The number of anilines is 2. The Labute approximate surface area is 163 Å². The SMILES string of the molecule is Cc1c(Cl)cccc1NC(=O)C1CCc2nc(N3CCOCC3)ncc2C1. The maximum Gasteiger partial charge on any atom is 0.227 e. The van der Waals surface area contributed by atoms with Gasteiger partial charge in [0.2, 0.25) is 11.9 Å². The average molecular weight is 387 g/mol. The number of nitrogens with one attached hydrogen (secondary N) is 1. The summed E-state index contributed by atoms with van der Waals surface area (Å²) in [6, 6.07) is 5.56. The highest BCUT2D eigenvalue weighted by molar-refractivity contribution is 6.31. The minimum absolute atomic E-state index is 0.0308. The Kier molecular flexibility index (Phi) is 5.27. The van der Waals surface area contributed by atoms with Gasteiger partial charge in [0, 0.05) is 41.6 Å². The molecule has 0 saturated carbocycles. The van der Waals surface area contributed by atoms with Crippen molar-refractivity contribution in [1.82, 2.24) is 9.97 Å². The molecule has 0 radical (unpaired) electrons. The molecule has 1 saturated heterocycles. The molecular formula is C20H23ClN4O2. The van der Waals surface area contributed by atoms with Gasteiger partial charge in [-0.1, -0.05) is 17.7 Å². The number of fused-ring (bicyclic) bond motifs is 1. The number of halogens is 1. The minimum atomic E-state index is -0.0753. The van der Waals surface area contributed by atoms with E-state index in [4.69, 9.17) is 21.3 Å². The molecule has 0 spiro atoms. The Morgan fingerprint density at radius 1 is 1.33 bits per heavy atom. The predicted molar refractivity (Wildman–Crippen MR) is 105 cm³/mol. The van der Waals surface area contributed by atoms with Crippen molar-refractivity contribution in [2.45, 2.75) is 26.2 Å². The van der Waals surface area contributed by atoms with E-state index in [1.54, 1.807) is 0 Å². The van der Waals surface area contributed by atoms with Gasteiger partial charge >= 0.3 is 0 Å². The number of carbonyl (C=O) groups excluding carboxylic acids is 1. The summed E-state index contributed by atoms with van der Waals surface area (Å²) in [5.41, 5.74) is 3.80. The fourth-order valence-corrected chi connectivity index (χ4v) is 3.79. The maximum atomic E-state index is 12.7. The van der Waals surface area contributed by atoms with Crippen molar-refractivity contribution in [3.05, 3.63) is 46.2 Å². The fraction of sp³-hybridized carbons (Fsp3) is 0.450. The van der Waals surface area contributed by atoms with Crippen LogP contribution < -0.4 is 10.2 Å². The first-order valence-corrected chi connectivity index (χ1v) is 9.73. The van der Waals surface area contributed by atoms with E-state index in [1.807, 2.05) is 31.3 Å². The van der Waals surface area contributed by atoms with Crippen molar-refractivity contribution >= 4 is 29.1 Å². The second kappa shape index (κ2) is 7.82. The van der Waals surface area contributed by atoms with Crippen LogP contribution in [0.1, 0.15) is 23.2 Å². The summed E-state index contributed by atoms with van der Waals surface area (Å²) in [7, 11) is 0. The molecule has 1 fully saturated rings. The molecule has 4 rings (SSSR count). The van der Waals surface area contributed by atoms with Gasteiger partial charge in [0.05, 0.1) is 13.2 Å². The lowest BCUT2D eigenvalue weighted by Gasteiger charge is -2.29. The zero-order chi connectivity index (χ0) is 18.8. The van der Waals surface area contributed by atoms with E-state index >= 15 is 0 Å². The number of carbonyl (C=O) groups is 1. The van der Waals surface area contributed by atoms with Gasteiger partial charge in [-0.25, -0.2) is 9.97 Å². The molecule has 1 atom stereocenters. The van der Waals surface area contributed by atoms with Crippen molar-refractivity contribution in [3.63, 3.8) is 0 Å². The van der Waals surface area contributed by atoms with Gasteiger partial charge < -0.3 is 15.0 Å². The predicted octanol–water partition coefficient (Wildman–Crippen LogP) is 3.02. The Hall–Kier alpha value is -2.18. The smallest absolute Gasteiger partial charge is 0.227 e. The van der Waals surface area contributed by atoms with Crippen molar-refractivity contribution < 1.29 is 9.53 Å². The Balaban J connectivity index is 1.45. The van der Waals surface area contributed by atoms with Gasteiger partial charge in [0.1, 0.15) is 0 Å². The molecule has 7 heteroatoms. The first-order valence-electron chi connectivity index (χ1n) is 9.35. The molecule has 1 amide bonds. The number of aryl methyl sites for hydroxylation is 1. The van der Waals surface area contributed by atoms with E-state index in [0.717, 1.165) is 54.4 Å². The van der Waals surface area contributed by atoms with Crippen LogP contribution in [0.3, 0.4) is 0 Å². The number of benzene rings is 1. The second-order valence-electron chi connectivity index (χ2n) is 7.08. The van der Waals surface area contributed by atoms with Gasteiger partial charge in [0.25, 0.3) is 0 Å². The quantitative estimate of drug-likeness (QED) is 0.878. The third-order valence-electron chi connectivity index (χ3n) is 5.33. The Morgan fingerprint density at radius 2 is 2.15 bits per heavy atom. The number of ether oxygens (including phenoxy) is 1. The largest absolute Gasteiger partial charge is 0.378 e. The van der Waals surface area contributed by atoms with Crippen LogP contribution in [-0.4, -0.2) is 42.2 Å². The van der Waals surface area contributed by atoms with E-state index < -0.39 is 0 Å². The highest BCUT2D eigenvalue weighted by Gasteiger charge is 2.27. The molecule has 142 valence electrons. The van der Waals surface area contributed by atoms with Crippen molar-refractivity contribution in [1.29, 1.82) is 0 Å². The number of hydrogen-bond acceptors (Lipinski definition) is 5. The van der Waals surface area contributed by atoms with E-state index in [0.29, 0.717) is 24.7 Å². The standard InChI is InChI=1S/C20H23ClN4O2/c1-13-16(21)3-2-4-17(13)23-19(26)14-5-6-18-15(11-14)12-22-20(24-18)25-7-9-27-10-8-25/h2-4,12,14H,5-11H2,1H3,(H,23,26). The lowest BCUT2D eigenvalue weighted by atomic mass is 9.86. The van der Waals surface area contributed by atoms with E-state index in [2.05, 4.69) is 15.2 Å². The summed E-state index contributed by atoms with van der Waals surface area (Å²) in [6.07, 6.45) is 4.14. The van der Waals surface area contributed by atoms with Gasteiger partial charge in [-0.15, -0.1) is 0 Å². The first kappa shape index (κ1) is 18.2. The summed E-state index contributed by atoms with van der Waals surface area (Å²) in [5.74, 6) is 0.728. The minimum Gasteiger partial charge on any atom is -0.378 e. The molecule has 0 bridgehead atoms. The molecule has 6 nitrogen and oxygen atoms in total. The van der Waals surface area contributed by atoms with Crippen LogP contribution in [0.15, 0.2) is 24.4 Å². The second-order valence-corrected chi connectivity index (χ2v) is 7.49. The fourth-order valence-electron chi connectivity index (χ4n) is 3.61. The van der Waals surface area contributed by atoms with Crippen LogP contribution in [0.2, 0.25) is 5.02 Å². The van der Waals surface area contributed by atoms with Gasteiger partial charge in [0.15, 0.2) is 0 Å². The topological polar surface area (TPSA) is 67.4 Å². The van der Waals surface area contributed by atoms with Crippen molar-refractivity contribution in [3.8, 4) is 0 Å². The lowest BCUT2D eigenvalue weighted by molar-refractivity contribution is -0.120. The summed E-state index contributed by atoms with van der Waals surface area (Å²) in [6.45, 7) is 4.98. The Bertz CT molecular complexity index is 852. The molecule has 2 aliphatic rings. The van der Waals surface area contributed by atoms with Crippen LogP contribution in [0, 0.1) is 12.8 Å². The van der Waals surface area contributed by atoms with Gasteiger partial charge in [-0.05, 0) is 49.4 Å². The van der Waals surface area contributed by atoms with Crippen molar-refractivity contribution in [2.75, 3.05) is 36.5 Å². The maximum absolute atomic E-state index is 12.7. The zero-order valence-electron chi connectivity index (χ0n) is 15.4. The Morgan fingerprint density at radius 3 is 2.96 bits per heavy atom. The van der Waals surface area contributed by atoms with Gasteiger partial charge in [-0.3, -0.25) is 4.79 Å².